The van der Waals surface area contributed by atoms with Gasteiger partial charge in [0.2, 0.25) is 11.7 Å². The number of ether oxygens (including phenoxy) is 1. The lowest BCUT2D eigenvalue weighted by molar-refractivity contribution is -0.136. The molecule has 0 saturated carbocycles. The van der Waals surface area contributed by atoms with Crippen LogP contribution < -0.4 is 0 Å². The lowest BCUT2D eigenvalue weighted by Crippen LogP contribution is -2.49. The first-order valence-corrected chi connectivity index (χ1v) is 9.55. The van der Waals surface area contributed by atoms with Crippen molar-refractivity contribution in [1.29, 1.82) is 0 Å². The highest BCUT2D eigenvalue weighted by Gasteiger charge is 2.20. The van der Waals surface area contributed by atoms with Gasteiger partial charge < -0.3 is 14.2 Å². The highest BCUT2D eigenvalue weighted by molar-refractivity contribution is 5.77. The van der Waals surface area contributed by atoms with Crippen LogP contribution in [0.15, 0.2) is 53.3 Å². The van der Waals surface area contributed by atoms with Crippen LogP contribution in [-0.2, 0) is 16.1 Å². The molecule has 1 aromatic carbocycles. The maximum atomic E-state index is 11.9. The minimum atomic E-state index is 0.0577. The number of piperazine rings is 1. The van der Waals surface area contributed by atoms with Crippen LogP contribution in [-0.4, -0.2) is 70.7 Å². The molecule has 1 aliphatic rings. The van der Waals surface area contributed by atoms with E-state index in [1.165, 1.54) is 5.56 Å². The van der Waals surface area contributed by atoms with E-state index in [0.29, 0.717) is 11.7 Å². The first-order chi connectivity index (χ1) is 14.2. The van der Waals surface area contributed by atoms with Gasteiger partial charge in [-0.3, -0.25) is 14.7 Å². The standard InChI is InChI=1S/C21H23N5O3/c1-28-15-19(27)26-11-9-25(10-12-26)14-16-4-6-17(7-5-16)20-23-21(29-24-20)18-3-2-8-22-13-18/h2-8,13H,9-12,14-15H2,1H3. The Balaban J connectivity index is 1.34. The number of amides is 1. The van der Waals surface area contributed by atoms with Crippen LogP contribution in [0, 0.1) is 0 Å². The summed E-state index contributed by atoms with van der Waals surface area (Å²) in [7, 11) is 1.55. The summed E-state index contributed by atoms with van der Waals surface area (Å²) < 4.78 is 10.3. The summed E-state index contributed by atoms with van der Waals surface area (Å²) in [5.74, 6) is 1.07. The molecule has 0 bridgehead atoms. The number of nitrogens with zero attached hydrogens (tertiary/aromatic N) is 5. The number of benzene rings is 1. The molecule has 0 N–H and O–H groups in total. The fourth-order valence-corrected chi connectivity index (χ4v) is 3.33. The van der Waals surface area contributed by atoms with Crippen LogP contribution in [0.3, 0.4) is 0 Å². The van der Waals surface area contributed by atoms with E-state index in [0.717, 1.165) is 43.9 Å². The third-order valence-corrected chi connectivity index (χ3v) is 4.95. The summed E-state index contributed by atoms with van der Waals surface area (Å²) in [6.07, 6.45) is 3.40. The Kier molecular flexibility index (Phi) is 5.92. The molecule has 8 nitrogen and oxygen atoms in total. The maximum Gasteiger partial charge on any atom is 0.259 e. The zero-order chi connectivity index (χ0) is 20.1. The van der Waals surface area contributed by atoms with E-state index in [-0.39, 0.29) is 12.5 Å². The van der Waals surface area contributed by atoms with Crippen LogP contribution in [0.2, 0.25) is 0 Å². The summed E-state index contributed by atoms with van der Waals surface area (Å²) in [5.41, 5.74) is 2.91. The number of methoxy groups -OCH3 is 1. The smallest absolute Gasteiger partial charge is 0.259 e. The lowest BCUT2D eigenvalue weighted by Gasteiger charge is -2.34. The van der Waals surface area contributed by atoms with Crippen molar-refractivity contribution >= 4 is 5.91 Å². The van der Waals surface area contributed by atoms with E-state index in [9.17, 15) is 4.79 Å². The van der Waals surface area contributed by atoms with Crippen molar-refractivity contribution in [2.75, 3.05) is 39.9 Å². The van der Waals surface area contributed by atoms with Gasteiger partial charge in [-0.05, 0) is 17.7 Å². The molecule has 3 aromatic rings. The number of carbonyl (C=O) groups excluding carboxylic acids is 1. The molecular formula is C21H23N5O3. The van der Waals surface area contributed by atoms with Gasteiger partial charge in [0.25, 0.3) is 5.89 Å². The predicted molar refractivity (Wildman–Crippen MR) is 107 cm³/mol. The summed E-state index contributed by atoms with van der Waals surface area (Å²) in [5, 5.41) is 4.08. The van der Waals surface area contributed by atoms with Gasteiger partial charge in [0.15, 0.2) is 0 Å². The van der Waals surface area contributed by atoms with Gasteiger partial charge in [0, 0.05) is 57.8 Å². The lowest BCUT2D eigenvalue weighted by atomic mass is 10.1. The molecule has 0 spiro atoms. The fraction of sp³-hybridized carbons (Fsp3) is 0.333. The van der Waals surface area contributed by atoms with E-state index in [4.69, 9.17) is 9.26 Å². The first-order valence-electron chi connectivity index (χ1n) is 9.55. The molecule has 2 aromatic heterocycles. The molecule has 0 aliphatic carbocycles. The second-order valence-corrected chi connectivity index (χ2v) is 6.95. The summed E-state index contributed by atoms with van der Waals surface area (Å²) in [6, 6.07) is 11.9. The number of hydrogen-bond donors (Lipinski definition) is 0. The van der Waals surface area contributed by atoms with Gasteiger partial charge in [-0.25, -0.2) is 0 Å². The highest BCUT2D eigenvalue weighted by Crippen LogP contribution is 2.22. The van der Waals surface area contributed by atoms with Crippen molar-refractivity contribution in [2.45, 2.75) is 6.54 Å². The van der Waals surface area contributed by atoms with Crippen molar-refractivity contribution < 1.29 is 14.1 Å². The maximum absolute atomic E-state index is 11.9. The molecule has 29 heavy (non-hydrogen) atoms. The third-order valence-electron chi connectivity index (χ3n) is 4.95. The molecule has 1 fully saturated rings. The van der Waals surface area contributed by atoms with E-state index >= 15 is 0 Å². The normalized spacial score (nSPS) is 14.9. The van der Waals surface area contributed by atoms with Crippen molar-refractivity contribution in [1.82, 2.24) is 24.9 Å². The third kappa shape index (κ3) is 4.67. The van der Waals surface area contributed by atoms with Crippen LogP contribution in [0.4, 0.5) is 0 Å². The van der Waals surface area contributed by atoms with Gasteiger partial charge in [0.05, 0.1) is 5.56 Å². The monoisotopic (exact) mass is 393 g/mol. The van der Waals surface area contributed by atoms with E-state index in [2.05, 4.69) is 32.2 Å². The minimum Gasteiger partial charge on any atom is -0.375 e. The second kappa shape index (κ2) is 8.93. The van der Waals surface area contributed by atoms with Crippen molar-refractivity contribution in [3.8, 4) is 22.8 Å². The van der Waals surface area contributed by atoms with Crippen LogP contribution >= 0.6 is 0 Å². The predicted octanol–water partition coefficient (Wildman–Crippen LogP) is 2.09. The largest absolute Gasteiger partial charge is 0.375 e. The zero-order valence-electron chi connectivity index (χ0n) is 16.3. The van der Waals surface area contributed by atoms with Crippen LogP contribution in [0.5, 0.6) is 0 Å². The molecule has 3 heterocycles. The minimum absolute atomic E-state index is 0.0577. The molecular weight excluding hydrogens is 370 g/mol. The molecule has 8 heteroatoms. The quantitative estimate of drug-likeness (QED) is 0.634. The Labute approximate surface area is 169 Å². The fourth-order valence-electron chi connectivity index (χ4n) is 3.33. The van der Waals surface area contributed by atoms with Crippen LogP contribution in [0.25, 0.3) is 22.8 Å². The van der Waals surface area contributed by atoms with Crippen molar-refractivity contribution in [3.63, 3.8) is 0 Å². The Hall–Kier alpha value is -3.10. The Morgan fingerprint density at radius 3 is 2.59 bits per heavy atom. The van der Waals surface area contributed by atoms with Crippen molar-refractivity contribution in [2.24, 2.45) is 0 Å². The zero-order valence-corrected chi connectivity index (χ0v) is 16.3. The second-order valence-electron chi connectivity index (χ2n) is 6.95. The Morgan fingerprint density at radius 2 is 1.90 bits per heavy atom. The molecule has 1 amide bonds. The average Bonchev–Trinajstić information content (AvgIpc) is 3.26. The molecule has 4 rings (SSSR count). The number of aromatic nitrogens is 3. The number of pyridine rings is 1. The highest BCUT2D eigenvalue weighted by atomic mass is 16.5. The molecule has 1 saturated heterocycles. The summed E-state index contributed by atoms with van der Waals surface area (Å²) >= 11 is 0. The Bertz CT molecular complexity index is 934. The molecule has 0 radical (unpaired) electrons. The molecule has 0 unspecified atom stereocenters. The number of carbonyl (C=O) groups is 1. The van der Waals surface area contributed by atoms with E-state index < -0.39 is 0 Å². The van der Waals surface area contributed by atoms with Crippen molar-refractivity contribution in [3.05, 3.63) is 54.4 Å². The van der Waals surface area contributed by atoms with E-state index in [1.54, 1.807) is 19.5 Å². The van der Waals surface area contributed by atoms with Gasteiger partial charge >= 0.3 is 0 Å². The molecule has 0 atom stereocenters. The van der Waals surface area contributed by atoms with Gasteiger partial charge in [-0.1, -0.05) is 29.4 Å². The summed E-state index contributed by atoms with van der Waals surface area (Å²) in [4.78, 5) is 24.6. The SMILES string of the molecule is COCC(=O)N1CCN(Cc2ccc(-c3noc(-c4cccnc4)n3)cc2)CC1. The number of rotatable bonds is 6. The number of hydrogen-bond acceptors (Lipinski definition) is 7. The first kappa shape index (κ1) is 19.2. The van der Waals surface area contributed by atoms with Gasteiger partial charge in [0.1, 0.15) is 6.61 Å². The molecule has 1 aliphatic heterocycles. The molecule has 150 valence electrons. The van der Waals surface area contributed by atoms with Crippen LogP contribution in [0.1, 0.15) is 5.56 Å². The van der Waals surface area contributed by atoms with Gasteiger partial charge in [-0.2, -0.15) is 4.98 Å². The Morgan fingerprint density at radius 1 is 1.10 bits per heavy atom. The topological polar surface area (TPSA) is 84.6 Å². The average molecular weight is 393 g/mol. The summed E-state index contributed by atoms with van der Waals surface area (Å²) in [6.45, 7) is 4.19. The van der Waals surface area contributed by atoms with E-state index in [1.807, 2.05) is 29.2 Å². The van der Waals surface area contributed by atoms with Gasteiger partial charge in [-0.15, -0.1) is 0 Å².